The number of methoxy groups -OCH3 is 1. The van der Waals surface area contributed by atoms with Crippen molar-refractivity contribution in [3.05, 3.63) is 0 Å². The van der Waals surface area contributed by atoms with Crippen LogP contribution < -0.4 is 5.32 Å². The first-order valence-electron chi connectivity index (χ1n) is 4.79. The maximum Gasteiger partial charge on any atom is 0.333 e. The van der Waals surface area contributed by atoms with Gasteiger partial charge in [0.1, 0.15) is 0 Å². The van der Waals surface area contributed by atoms with Crippen molar-refractivity contribution in [3.63, 3.8) is 0 Å². The van der Waals surface area contributed by atoms with Gasteiger partial charge in [-0.2, -0.15) is 5.26 Å². The molecule has 1 amide bonds. The van der Waals surface area contributed by atoms with Crippen molar-refractivity contribution in [1.82, 2.24) is 5.32 Å². The van der Waals surface area contributed by atoms with Crippen molar-refractivity contribution < 1.29 is 19.1 Å². The second kappa shape index (κ2) is 7.68. The standard InChI is InChI=1S/C10H14N2O4S/c1-6(13)8(12-7(2)14)5-17-9(4-11)10(15)16-3/h8-9H,5H2,1-3H3,(H,12,14). The Morgan fingerprint density at radius 1 is 1.41 bits per heavy atom. The Balaban J connectivity index is 4.39. The minimum atomic E-state index is -0.990. The average Bonchev–Trinajstić information content (AvgIpc) is 2.26. The lowest BCUT2D eigenvalue weighted by Gasteiger charge is -2.15. The number of nitrogens with one attached hydrogen (secondary N) is 1. The van der Waals surface area contributed by atoms with Gasteiger partial charge >= 0.3 is 5.97 Å². The highest BCUT2D eigenvalue weighted by atomic mass is 32.2. The van der Waals surface area contributed by atoms with Gasteiger partial charge in [0.2, 0.25) is 5.91 Å². The van der Waals surface area contributed by atoms with Gasteiger partial charge in [0.15, 0.2) is 11.0 Å². The number of amides is 1. The number of hydrogen-bond donors (Lipinski definition) is 1. The number of thioether (sulfide) groups is 1. The molecular formula is C10H14N2O4S. The minimum Gasteiger partial charge on any atom is -0.467 e. The first-order valence-corrected chi connectivity index (χ1v) is 5.83. The quantitative estimate of drug-likeness (QED) is 0.667. The van der Waals surface area contributed by atoms with E-state index in [1.54, 1.807) is 6.07 Å². The zero-order chi connectivity index (χ0) is 13.4. The van der Waals surface area contributed by atoms with Gasteiger partial charge in [0.05, 0.1) is 19.2 Å². The van der Waals surface area contributed by atoms with Gasteiger partial charge in [-0.1, -0.05) is 0 Å². The Kier molecular flexibility index (Phi) is 6.98. The third-order valence-corrected chi connectivity index (χ3v) is 2.99. The van der Waals surface area contributed by atoms with Gasteiger partial charge < -0.3 is 10.1 Å². The van der Waals surface area contributed by atoms with Crippen molar-refractivity contribution in [1.29, 1.82) is 5.26 Å². The Labute approximate surface area is 104 Å². The fraction of sp³-hybridized carbons (Fsp3) is 0.600. The highest BCUT2D eigenvalue weighted by Gasteiger charge is 2.23. The lowest BCUT2D eigenvalue weighted by atomic mass is 10.2. The molecule has 0 bridgehead atoms. The Hall–Kier alpha value is -1.55. The molecule has 0 aliphatic rings. The largest absolute Gasteiger partial charge is 0.467 e. The molecule has 0 saturated heterocycles. The molecule has 0 fully saturated rings. The van der Waals surface area contributed by atoms with Gasteiger partial charge in [-0.3, -0.25) is 9.59 Å². The topological polar surface area (TPSA) is 96.3 Å². The molecule has 94 valence electrons. The van der Waals surface area contributed by atoms with E-state index >= 15 is 0 Å². The summed E-state index contributed by atoms with van der Waals surface area (Å²) in [5, 5.41) is 10.2. The molecule has 0 heterocycles. The highest BCUT2D eigenvalue weighted by molar-refractivity contribution is 8.00. The average molecular weight is 258 g/mol. The molecule has 0 spiro atoms. The number of carbonyl (C=O) groups excluding carboxylic acids is 3. The number of rotatable bonds is 6. The normalized spacial score (nSPS) is 13.1. The Morgan fingerprint density at radius 3 is 2.35 bits per heavy atom. The minimum absolute atomic E-state index is 0.155. The van der Waals surface area contributed by atoms with E-state index in [0.29, 0.717) is 0 Å². The van der Waals surface area contributed by atoms with E-state index < -0.39 is 17.3 Å². The smallest absolute Gasteiger partial charge is 0.333 e. The fourth-order valence-electron chi connectivity index (χ4n) is 0.964. The Morgan fingerprint density at radius 2 is 2.00 bits per heavy atom. The summed E-state index contributed by atoms with van der Waals surface area (Å²) in [6.07, 6.45) is 0. The van der Waals surface area contributed by atoms with E-state index in [9.17, 15) is 14.4 Å². The Bertz CT molecular complexity index is 351. The summed E-state index contributed by atoms with van der Waals surface area (Å²) in [4.78, 5) is 33.1. The van der Waals surface area contributed by atoms with Gasteiger partial charge in [0, 0.05) is 12.7 Å². The lowest BCUT2D eigenvalue weighted by Crippen LogP contribution is -2.41. The van der Waals surface area contributed by atoms with Crippen LogP contribution in [0.25, 0.3) is 0 Å². The molecule has 0 aromatic heterocycles. The molecule has 0 aliphatic carbocycles. The summed E-state index contributed by atoms with van der Waals surface area (Å²) in [6, 6.07) is 1.07. The predicted octanol–water partition coefficient (Wildman–Crippen LogP) is -0.122. The number of Topliss-reactive ketones (excluding diaryl/α,β-unsaturated/α-hetero) is 1. The van der Waals surface area contributed by atoms with E-state index in [4.69, 9.17) is 5.26 Å². The van der Waals surface area contributed by atoms with E-state index in [1.807, 2.05) is 0 Å². The second-order valence-electron chi connectivity index (χ2n) is 3.23. The van der Waals surface area contributed by atoms with Crippen LogP contribution in [0.3, 0.4) is 0 Å². The molecule has 2 unspecified atom stereocenters. The highest BCUT2D eigenvalue weighted by Crippen LogP contribution is 2.13. The molecule has 7 heteroatoms. The summed E-state index contributed by atoms with van der Waals surface area (Å²) < 4.78 is 4.42. The van der Waals surface area contributed by atoms with E-state index in [0.717, 1.165) is 11.8 Å². The summed E-state index contributed by atoms with van der Waals surface area (Å²) in [5.74, 6) is -1.07. The zero-order valence-corrected chi connectivity index (χ0v) is 10.7. The number of hydrogen-bond acceptors (Lipinski definition) is 6. The van der Waals surface area contributed by atoms with Crippen LogP contribution in [0.5, 0.6) is 0 Å². The fourth-order valence-corrected chi connectivity index (χ4v) is 1.97. The van der Waals surface area contributed by atoms with Crippen LogP contribution in [0.1, 0.15) is 13.8 Å². The number of esters is 1. The summed E-state index contributed by atoms with van der Waals surface area (Å²) in [5.41, 5.74) is 0. The molecule has 2 atom stereocenters. The van der Waals surface area contributed by atoms with Crippen LogP contribution in [-0.4, -0.2) is 41.8 Å². The van der Waals surface area contributed by atoms with Gasteiger partial charge in [-0.15, -0.1) is 11.8 Å². The molecule has 17 heavy (non-hydrogen) atoms. The van der Waals surface area contributed by atoms with Crippen molar-refractivity contribution in [3.8, 4) is 6.07 Å². The zero-order valence-electron chi connectivity index (χ0n) is 9.85. The summed E-state index contributed by atoms with van der Waals surface area (Å²) >= 11 is 0.961. The monoisotopic (exact) mass is 258 g/mol. The van der Waals surface area contributed by atoms with Gasteiger partial charge in [-0.25, -0.2) is 4.79 Å². The molecule has 0 saturated carbocycles. The molecule has 0 aliphatic heterocycles. The predicted molar refractivity (Wildman–Crippen MR) is 62.2 cm³/mol. The number of ketones is 1. The lowest BCUT2D eigenvalue weighted by molar-refractivity contribution is -0.138. The van der Waals surface area contributed by atoms with Gasteiger partial charge in [0.25, 0.3) is 0 Å². The number of ether oxygens (including phenoxy) is 1. The van der Waals surface area contributed by atoms with Gasteiger partial charge in [-0.05, 0) is 6.92 Å². The van der Waals surface area contributed by atoms with E-state index in [-0.39, 0.29) is 17.4 Å². The maximum atomic E-state index is 11.2. The first kappa shape index (κ1) is 15.4. The van der Waals surface area contributed by atoms with Crippen LogP contribution in [-0.2, 0) is 19.1 Å². The van der Waals surface area contributed by atoms with Crippen LogP contribution in [0, 0.1) is 11.3 Å². The van der Waals surface area contributed by atoms with Crippen LogP contribution >= 0.6 is 11.8 Å². The molecule has 0 radical (unpaired) electrons. The molecular weight excluding hydrogens is 244 g/mol. The van der Waals surface area contributed by atoms with Crippen molar-refractivity contribution in [2.75, 3.05) is 12.9 Å². The van der Waals surface area contributed by atoms with Crippen molar-refractivity contribution >= 4 is 29.4 Å². The third kappa shape index (κ3) is 5.92. The van der Waals surface area contributed by atoms with Crippen molar-refractivity contribution in [2.24, 2.45) is 0 Å². The second-order valence-corrected chi connectivity index (χ2v) is 4.37. The molecule has 0 rings (SSSR count). The summed E-state index contributed by atoms with van der Waals surface area (Å²) in [7, 11) is 1.18. The van der Waals surface area contributed by atoms with Crippen LogP contribution in [0.4, 0.5) is 0 Å². The van der Waals surface area contributed by atoms with Crippen LogP contribution in [0.2, 0.25) is 0 Å². The number of carbonyl (C=O) groups is 3. The molecule has 0 aromatic rings. The first-order chi connectivity index (χ1) is 7.92. The van der Waals surface area contributed by atoms with Crippen LogP contribution in [0.15, 0.2) is 0 Å². The summed E-state index contributed by atoms with van der Waals surface area (Å²) in [6.45, 7) is 2.63. The maximum absolute atomic E-state index is 11.2. The number of nitriles is 1. The van der Waals surface area contributed by atoms with Crippen molar-refractivity contribution in [2.45, 2.75) is 25.1 Å². The molecule has 0 aromatic carbocycles. The van der Waals surface area contributed by atoms with E-state index in [1.165, 1.54) is 21.0 Å². The third-order valence-electron chi connectivity index (χ3n) is 1.83. The van der Waals surface area contributed by atoms with E-state index in [2.05, 4.69) is 10.1 Å². The molecule has 6 nitrogen and oxygen atoms in total. The molecule has 1 N–H and O–H groups in total. The SMILES string of the molecule is COC(=O)C(C#N)SCC(NC(C)=O)C(C)=O. The number of nitrogens with zero attached hydrogens (tertiary/aromatic N) is 1.